The SMILES string of the molecule is CCCC1CCC2CC(C3CCc4cc(F)c(F)c(F)c4C3)CCC2C1. The lowest BCUT2D eigenvalue weighted by Gasteiger charge is -2.45. The van der Waals surface area contributed by atoms with Crippen LogP contribution >= 0.6 is 0 Å². The van der Waals surface area contributed by atoms with Crippen molar-refractivity contribution in [2.24, 2.45) is 29.6 Å². The van der Waals surface area contributed by atoms with Gasteiger partial charge in [0.2, 0.25) is 0 Å². The van der Waals surface area contributed by atoms with E-state index < -0.39 is 17.5 Å². The van der Waals surface area contributed by atoms with Crippen LogP contribution < -0.4 is 0 Å². The second-order valence-corrected chi connectivity index (χ2v) is 9.19. The van der Waals surface area contributed by atoms with E-state index in [4.69, 9.17) is 0 Å². The molecule has 0 saturated heterocycles. The van der Waals surface area contributed by atoms with Crippen molar-refractivity contribution in [3.8, 4) is 0 Å². The van der Waals surface area contributed by atoms with Crippen LogP contribution in [0.25, 0.3) is 0 Å². The van der Waals surface area contributed by atoms with Gasteiger partial charge in [-0.1, -0.05) is 26.2 Å². The Balaban J connectivity index is 1.42. The lowest BCUT2D eigenvalue weighted by molar-refractivity contribution is 0.0691. The molecule has 0 bridgehead atoms. The molecule has 0 aliphatic heterocycles. The number of benzene rings is 1. The first-order valence-electron chi connectivity index (χ1n) is 10.7. The second kappa shape index (κ2) is 7.56. The molecule has 1 aromatic rings. The molecule has 3 heteroatoms. The van der Waals surface area contributed by atoms with Gasteiger partial charge in [-0.05, 0) is 98.1 Å². The van der Waals surface area contributed by atoms with E-state index in [-0.39, 0.29) is 0 Å². The highest BCUT2D eigenvalue weighted by Crippen LogP contribution is 2.49. The van der Waals surface area contributed by atoms with Crippen molar-refractivity contribution in [1.82, 2.24) is 0 Å². The molecule has 0 radical (unpaired) electrons. The van der Waals surface area contributed by atoms with Crippen molar-refractivity contribution in [3.63, 3.8) is 0 Å². The molecule has 3 aliphatic rings. The quantitative estimate of drug-likeness (QED) is 0.515. The minimum atomic E-state index is -1.29. The fraction of sp³-hybridized carbons (Fsp3) is 0.739. The lowest BCUT2D eigenvalue weighted by atomic mass is 9.61. The van der Waals surface area contributed by atoms with Gasteiger partial charge in [-0.2, -0.15) is 0 Å². The van der Waals surface area contributed by atoms with Gasteiger partial charge in [0.15, 0.2) is 17.5 Å². The Kier molecular flexibility index (Phi) is 5.34. The molecule has 0 nitrogen and oxygen atoms in total. The molecule has 144 valence electrons. The summed E-state index contributed by atoms with van der Waals surface area (Å²) in [5.74, 6) is 0.501. The summed E-state index contributed by atoms with van der Waals surface area (Å²) in [6, 6.07) is 1.22. The summed E-state index contributed by atoms with van der Waals surface area (Å²) in [5.41, 5.74) is 1.14. The first-order valence-corrected chi connectivity index (χ1v) is 10.7. The number of rotatable bonds is 3. The predicted octanol–water partition coefficient (Wildman–Crippen LogP) is 6.84. The molecule has 2 saturated carbocycles. The third-order valence-corrected chi connectivity index (χ3v) is 7.73. The summed E-state index contributed by atoms with van der Waals surface area (Å²) in [6.07, 6.45) is 13.0. The number of hydrogen-bond donors (Lipinski definition) is 0. The highest BCUT2D eigenvalue weighted by atomic mass is 19.2. The molecule has 0 spiro atoms. The van der Waals surface area contributed by atoms with Gasteiger partial charge in [-0.3, -0.25) is 0 Å². The highest BCUT2D eigenvalue weighted by Gasteiger charge is 2.39. The van der Waals surface area contributed by atoms with Gasteiger partial charge in [0.05, 0.1) is 0 Å². The first-order chi connectivity index (χ1) is 12.6. The Bertz CT molecular complexity index is 653. The van der Waals surface area contributed by atoms with Crippen molar-refractivity contribution >= 4 is 0 Å². The fourth-order valence-electron chi connectivity index (χ4n) is 6.35. The van der Waals surface area contributed by atoms with E-state index in [1.165, 1.54) is 57.4 Å². The van der Waals surface area contributed by atoms with Crippen LogP contribution in [0.5, 0.6) is 0 Å². The van der Waals surface area contributed by atoms with E-state index in [0.717, 1.165) is 24.2 Å². The predicted molar refractivity (Wildman–Crippen MR) is 98.4 cm³/mol. The molecular weight excluding hydrogens is 333 g/mol. The minimum Gasteiger partial charge on any atom is -0.204 e. The zero-order chi connectivity index (χ0) is 18.3. The fourth-order valence-corrected chi connectivity index (χ4v) is 6.35. The summed E-state index contributed by atoms with van der Waals surface area (Å²) in [6.45, 7) is 2.29. The zero-order valence-corrected chi connectivity index (χ0v) is 15.9. The van der Waals surface area contributed by atoms with Crippen molar-refractivity contribution in [3.05, 3.63) is 34.6 Å². The summed E-state index contributed by atoms with van der Waals surface area (Å²) in [7, 11) is 0. The van der Waals surface area contributed by atoms with Gasteiger partial charge in [0.1, 0.15) is 0 Å². The third-order valence-electron chi connectivity index (χ3n) is 7.73. The topological polar surface area (TPSA) is 0 Å². The van der Waals surface area contributed by atoms with E-state index in [0.29, 0.717) is 35.8 Å². The molecule has 26 heavy (non-hydrogen) atoms. The molecule has 5 unspecified atom stereocenters. The standard InChI is InChI=1S/C23H31F3/c1-2-3-14-4-5-16-11-17(7-6-15(16)10-14)18-8-9-19-13-21(24)23(26)22(25)20(19)12-18/h13-18H,2-12H2,1H3. The third kappa shape index (κ3) is 3.43. The smallest absolute Gasteiger partial charge is 0.194 e. The number of halogens is 3. The van der Waals surface area contributed by atoms with Gasteiger partial charge >= 0.3 is 0 Å². The Morgan fingerprint density at radius 2 is 1.54 bits per heavy atom. The van der Waals surface area contributed by atoms with Crippen molar-refractivity contribution in [2.45, 2.75) is 77.6 Å². The van der Waals surface area contributed by atoms with Crippen molar-refractivity contribution in [2.75, 3.05) is 0 Å². The average molecular weight is 364 g/mol. The van der Waals surface area contributed by atoms with Gasteiger partial charge in [0.25, 0.3) is 0 Å². The molecule has 0 N–H and O–H groups in total. The maximum absolute atomic E-state index is 14.3. The number of hydrogen-bond acceptors (Lipinski definition) is 0. The van der Waals surface area contributed by atoms with Crippen molar-refractivity contribution < 1.29 is 13.2 Å². The lowest BCUT2D eigenvalue weighted by Crippen LogP contribution is -2.35. The first kappa shape index (κ1) is 18.4. The normalized spacial score (nSPS) is 34.2. The highest BCUT2D eigenvalue weighted by molar-refractivity contribution is 5.33. The van der Waals surface area contributed by atoms with E-state index >= 15 is 0 Å². The van der Waals surface area contributed by atoms with E-state index in [1.807, 2.05) is 0 Å². The van der Waals surface area contributed by atoms with Gasteiger partial charge < -0.3 is 0 Å². The monoisotopic (exact) mass is 364 g/mol. The van der Waals surface area contributed by atoms with Crippen LogP contribution in [0.15, 0.2) is 6.07 Å². The molecule has 1 aromatic carbocycles. The molecule has 2 fully saturated rings. The molecule has 3 aliphatic carbocycles. The van der Waals surface area contributed by atoms with E-state index in [1.54, 1.807) is 0 Å². The molecule has 0 amide bonds. The van der Waals surface area contributed by atoms with Gasteiger partial charge in [-0.25, -0.2) is 13.2 Å². The summed E-state index contributed by atoms with van der Waals surface area (Å²) in [4.78, 5) is 0. The van der Waals surface area contributed by atoms with Crippen LogP contribution in [0.2, 0.25) is 0 Å². The van der Waals surface area contributed by atoms with Crippen LogP contribution in [0.3, 0.4) is 0 Å². The van der Waals surface area contributed by atoms with Gasteiger partial charge in [-0.15, -0.1) is 0 Å². The van der Waals surface area contributed by atoms with Crippen LogP contribution in [-0.4, -0.2) is 0 Å². The summed E-state index contributed by atoms with van der Waals surface area (Å²) < 4.78 is 41.4. The average Bonchev–Trinajstić information content (AvgIpc) is 2.66. The number of fused-ring (bicyclic) bond motifs is 2. The minimum absolute atomic E-state index is 0.441. The molecule has 0 aromatic heterocycles. The summed E-state index contributed by atoms with van der Waals surface area (Å²) >= 11 is 0. The Morgan fingerprint density at radius 3 is 2.31 bits per heavy atom. The second-order valence-electron chi connectivity index (χ2n) is 9.19. The molecule has 4 rings (SSSR count). The number of aryl methyl sites for hydroxylation is 1. The van der Waals surface area contributed by atoms with Crippen LogP contribution in [0.1, 0.15) is 75.8 Å². The van der Waals surface area contributed by atoms with Crippen LogP contribution in [0, 0.1) is 47.0 Å². The van der Waals surface area contributed by atoms with E-state index in [2.05, 4.69) is 6.92 Å². The maximum Gasteiger partial charge on any atom is 0.194 e. The Labute approximate surface area is 155 Å². The largest absolute Gasteiger partial charge is 0.204 e. The Hall–Kier alpha value is -0.990. The van der Waals surface area contributed by atoms with Gasteiger partial charge in [0, 0.05) is 0 Å². The maximum atomic E-state index is 14.3. The van der Waals surface area contributed by atoms with Crippen LogP contribution in [-0.2, 0) is 12.8 Å². The van der Waals surface area contributed by atoms with E-state index in [9.17, 15) is 13.2 Å². The zero-order valence-electron chi connectivity index (χ0n) is 15.9. The van der Waals surface area contributed by atoms with Crippen molar-refractivity contribution in [1.29, 1.82) is 0 Å². The van der Waals surface area contributed by atoms with Crippen LogP contribution in [0.4, 0.5) is 13.2 Å². The summed E-state index contributed by atoms with van der Waals surface area (Å²) in [5, 5.41) is 0. The molecule has 5 atom stereocenters. The molecule has 0 heterocycles. The molecular formula is C23H31F3. The Morgan fingerprint density at radius 1 is 0.846 bits per heavy atom.